The van der Waals surface area contributed by atoms with Gasteiger partial charge in [-0.2, -0.15) is 5.10 Å². The van der Waals surface area contributed by atoms with E-state index >= 15 is 0 Å². The maximum atomic E-state index is 12.2. The minimum Gasteiger partial charge on any atom is -0.321 e. The van der Waals surface area contributed by atoms with E-state index in [1.165, 1.54) is 0 Å². The second-order valence-electron chi connectivity index (χ2n) is 5.22. The normalized spacial score (nSPS) is 10.6. The molecule has 7 heteroatoms. The van der Waals surface area contributed by atoms with E-state index in [9.17, 15) is 4.79 Å². The van der Waals surface area contributed by atoms with Crippen molar-refractivity contribution in [1.29, 1.82) is 0 Å². The van der Waals surface area contributed by atoms with Gasteiger partial charge in [-0.15, -0.1) is 0 Å². The molecule has 0 fully saturated rings. The van der Waals surface area contributed by atoms with Gasteiger partial charge in [-0.3, -0.25) is 9.89 Å². The van der Waals surface area contributed by atoms with Crippen LogP contribution < -0.4 is 5.32 Å². The zero-order valence-electron chi connectivity index (χ0n) is 13.1. The van der Waals surface area contributed by atoms with Crippen molar-refractivity contribution < 1.29 is 4.79 Å². The Morgan fingerprint density at radius 2 is 1.78 bits per heavy atom. The van der Waals surface area contributed by atoms with Gasteiger partial charge in [0.05, 0.1) is 0 Å². The van der Waals surface area contributed by atoms with Gasteiger partial charge < -0.3 is 5.32 Å². The summed E-state index contributed by atoms with van der Waals surface area (Å²) in [6.07, 6.45) is 0. The number of amides is 1. The predicted octanol–water partition coefficient (Wildman–Crippen LogP) is 2.44. The summed E-state index contributed by atoms with van der Waals surface area (Å²) in [7, 11) is 0. The third kappa shape index (κ3) is 3.39. The number of H-pyrrole nitrogens is 1. The van der Waals surface area contributed by atoms with Crippen molar-refractivity contribution in [3.8, 4) is 11.4 Å². The fourth-order valence-corrected chi connectivity index (χ4v) is 2.20. The second kappa shape index (κ2) is 5.96. The Balaban J connectivity index is 1.76. The van der Waals surface area contributed by atoms with E-state index < -0.39 is 0 Å². The zero-order chi connectivity index (χ0) is 16.4. The molecule has 0 bridgehead atoms. The molecule has 0 atom stereocenters. The molecule has 0 spiro atoms. The molecule has 0 aliphatic carbocycles. The number of nitrogens with one attached hydrogen (secondary N) is 2. The van der Waals surface area contributed by atoms with Crippen LogP contribution in [0, 0.1) is 20.8 Å². The third-order valence-corrected chi connectivity index (χ3v) is 3.20. The lowest BCUT2D eigenvalue weighted by atomic mass is 10.2. The van der Waals surface area contributed by atoms with Crippen molar-refractivity contribution in [2.45, 2.75) is 20.8 Å². The van der Waals surface area contributed by atoms with Crippen LogP contribution in [0.2, 0.25) is 0 Å². The number of hydrogen-bond acceptors (Lipinski definition) is 5. The van der Waals surface area contributed by atoms with E-state index in [-0.39, 0.29) is 5.91 Å². The van der Waals surface area contributed by atoms with Gasteiger partial charge in [0.1, 0.15) is 17.3 Å². The van der Waals surface area contributed by atoms with E-state index in [0.717, 1.165) is 17.1 Å². The molecule has 0 saturated heterocycles. The van der Waals surface area contributed by atoms with Gasteiger partial charge in [-0.1, -0.05) is 0 Å². The van der Waals surface area contributed by atoms with Gasteiger partial charge in [0.25, 0.3) is 5.91 Å². The van der Waals surface area contributed by atoms with Crippen molar-refractivity contribution in [3.05, 3.63) is 53.4 Å². The van der Waals surface area contributed by atoms with Crippen LogP contribution in [0.4, 0.5) is 5.69 Å². The molecule has 0 unspecified atom stereocenters. The van der Waals surface area contributed by atoms with Crippen LogP contribution in [0.15, 0.2) is 30.3 Å². The van der Waals surface area contributed by atoms with E-state index in [1.54, 1.807) is 25.1 Å². The molecule has 0 aliphatic heterocycles. The number of rotatable bonds is 3. The Morgan fingerprint density at radius 3 is 2.39 bits per heavy atom. The highest BCUT2D eigenvalue weighted by molar-refractivity contribution is 6.03. The minimum atomic E-state index is -0.264. The zero-order valence-corrected chi connectivity index (χ0v) is 13.1. The molecule has 2 N–H and O–H groups in total. The van der Waals surface area contributed by atoms with Crippen LogP contribution in [0.3, 0.4) is 0 Å². The molecule has 0 saturated carbocycles. The van der Waals surface area contributed by atoms with Crippen molar-refractivity contribution in [2.75, 3.05) is 5.32 Å². The number of anilines is 1. The van der Waals surface area contributed by atoms with Gasteiger partial charge in [-0.05, 0) is 51.1 Å². The van der Waals surface area contributed by atoms with Crippen molar-refractivity contribution in [2.24, 2.45) is 0 Å². The molecule has 1 aromatic carbocycles. The smallest absolute Gasteiger partial charge is 0.274 e. The molecular formula is C16H16N6O. The van der Waals surface area contributed by atoms with Crippen LogP contribution in [0.5, 0.6) is 0 Å². The van der Waals surface area contributed by atoms with E-state index in [1.807, 2.05) is 26.0 Å². The molecule has 3 aromatic rings. The fraction of sp³-hybridized carbons (Fsp3) is 0.188. The molecule has 0 aliphatic rings. The van der Waals surface area contributed by atoms with Gasteiger partial charge >= 0.3 is 0 Å². The Labute approximate surface area is 133 Å². The first-order valence-electron chi connectivity index (χ1n) is 7.14. The Morgan fingerprint density at radius 1 is 1.04 bits per heavy atom. The van der Waals surface area contributed by atoms with Gasteiger partial charge in [0.15, 0.2) is 5.82 Å². The summed E-state index contributed by atoms with van der Waals surface area (Å²) in [4.78, 5) is 24.8. The SMILES string of the molecule is Cc1cc(C(=O)Nc2ccc(-c3n[nH]c(C)n3)cc2)nc(C)n1. The number of carbonyl (C=O) groups is 1. The Hall–Kier alpha value is -3.09. The van der Waals surface area contributed by atoms with Crippen LogP contribution in [-0.2, 0) is 0 Å². The molecule has 23 heavy (non-hydrogen) atoms. The molecule has 2 aromatic heterocycles. The Bertz CT molecular complexity index is 833. The monoisotopic (exact) mass is 308 g/mol. The van der Waals surface area contributed by atoms with E-state index in [2.05, 4.69) is 30.5 Å². The number of carbonyl (C=O) groups excluding carboxylic acids is 1. The highest BCUT2D eigenvalue weighted by Gasteiger charge is 2.10. The lowest BCUT2D eigenvalue weighted by molar-refractivity contribution is 0.102. The van der Waals surface area contributed by atoms with Crippen LogP contribution in [0.1, 0.15) is 27.8 Å². The summed E-state index contributed by atoms with van der Waals surface area (Å²) in [5.74, 6) is 1.69. The molecular weight excluding hydrogens is 292 g/mol. The highest BCUT2D eigenvalue weighted by atomic mass is 16.1. The third-order valence-electron chi connectivity index (χ3n) is 3.20. The van der Waals surface area contributed by atoms with Crippen LogP contribution >= 0.6 is 0 Å². The van der Waals surface area contributed by atoms with Gasteiger partial charge in [0, 0.05) is 16.9 Å². The quantitative estimate of drug-likeness (QED) is 0.774. The van der Waals surface area contributed by atoms with Gasteiger partial charge in [0.2, 0.25) is 0 Å². The number of benzene rings is 1. The molecule has 1 amide bonds. The number of aromatic amines is 1. The summed E-state index contributed by atoms with van der Waals surface area (Å²) in [5.41, 5.74) is 2.67. The average molecular weight is 308 g/mol. The summed E-state index contributed by atoms with van der Waals surface area (Å²) in [5, 5.41) is 9.72. The number of nitrogens with zero attached hydrogens (tertiary/aromatic N) is 4. The van der Waals surface area contributed by atoms with Crippen molar-refractivity contribution >= 4 is 11.6 Å². The number of aryl methyl sites for hydroxylation is 3. The van der Waals surface area contributed by atoms with Crippen LogP contribution in [0.25, 0.3) is 11.4 Å². The molecule has 0 radical (unpaired) electrons. The maximum Gasteiger partial charge on any atom is 0.274 e. The first kappa shape index (κ1) is 14.8. The summed E-state index contributed by atoms with van der Waals surface area (Å²) in [6.45, 7) is 5.44. The maximum absolute atomic E-state index is 12.2. The minimum absolute atomic E-state index is 0.264. The highest BCUT2D eigenvalue weighted by Crippen LogP contribution is 2.18. The Kier molecular flexibility index (Phi) is 3.84. The topological polar surface area (TPSA) is 96.5 Å². The van der Waals surface area contributed by atoms with Crippen LogP contribution in [-0.4, -0.2) is 31.1 Å². The first-order chi connectivity index (χ1) is 11.0. The second-order valence-corrected chi connectivity index (χ2v) is 5.22. The number of aromatic nitrogens is 5. The van der Waals surface area contributed by atoms with Crippen molar-refractivity contribution in [1.82, 2.24) is 25.1 Å². The first-order valence-corrected chi connectivity index (χ1v) is 7.14. The summed E-state index contributed by atoms with van der Waals surface area (Å²) in [6, 6.07) is 8.98. The molecule has 7 nitrogen and oxygen atoms in total. The predicted molar refractivity (Wildman–Crippen MR) is 86.0 cm³/mol. The van der Waals surface area contributed by atoms with E-state index in [4.69, 9.17) is 0 Å². The molecule has 3 rings (SSSR count). The van der Waals surface area contributed by atoms with E-state index in [0.29, 0.717) is 23.0 Å². The lowest BCUT2D eigenvalue weighted by Crippen LogP contribution is -2.15. The average Bonchev–Trinajstić information content (AvgIpc) is 2.93. The van der Waals surface area contributed by atoms with Gasteiger partial charge in [-0.25, -0.2) is 15.0 Å². The largest absolute Gasteiger partial charge is 0.321 e. The number of hydrogen-bond donors (Lipinski definition) is 2. The standard InChI is InChI=1S/C16H16N6O/c1-9-8-14(18-10(2)17-9)16(23)20-13-6-4-12(5-7-13)15-19-11(3)21-22-15/h4-8H,1-3H3,(H,20,23)(H,19,21,22). The lowest BCUT2D eigenvalue weighted by Gasteiger charge is -2.06. The summed E-state index contributed by atoms with van der Waals surface area (Å²) < 4.78 is 0. The molecule has 2 heterocycles. The summed E-state index contributed by atoms with van der Waals surface area (Å²) >= 11 is 0. The molecule has 116 valence electrons. The fourth-order valence-electron chi connectivity index (χ4n) is 2.20. The van der Waals surface area contributed by atoms with Crippen molar-refractivity contribution in [3.63, 3.8) is 0 Å².